The number of carbonyl (C=O) groups excluding carboxylic acids is 1. The number of carbonyl (C=O) groups is 1. The highest BCUT2D eigenvalue weighted by molar-refractivity contribution is 9.10. The van der Waals surface area contributed by atoms with Crippen LogP contribution in [0.4, 0.5) is 4.39 Å². The highest BCUT2D eigenvalue weighted by Gasteiger charge is 2.23. The highest BCUT2D eigenvalue weighted by Crippen LogP contribution is 2.18. The van der Waals surface area contributed by atoms with Crippen LogP contribution in [0, 0.1) is 5.82 Å². The van der Waals surface area contributed by atoms with Crippen molar-refractivity contribution >= 4 is 33.6 Å². The second kappa shape index (κ2) is 6.72. The van der Waals surface area contributed by atoms with Gasteiger partial charge in [0.2, 0.25) is 5.91 Å². The zero-order valence-corrected chi connectivity index (χ0v) is 13.0. The fourth-order valence-electron chi connectivity index (χ4n) is 1.98. The quantitative estimate of drug-likeness (QED) is 0.878. The summed E-state index contributed by atoms with van der Waals surface area (Å²) in [7, 11) is 0. The molecule has 6 heteroatoms. The van der Waals surface area contributed by atoms with Crippen molar-refractivity contribution in [2.45, 2.75) is 25.4 Å². The van der Waals surface area contributed by atoms with Gasteiger partial charge in [-0.2, -0.15) is 0 Å². The molecular formula is C13H16BrFN2OS. The Morgan fingerprint density at radius 2 is 2.47 bits per heavy atom. The molecule has 1 aliphatic rings. The van der Waals surface area contributed by atoms with Crippen LogP contribution < -0.4 is 10.6 Å². The third-order valence-electron chi connectivity index (χ3n) is 2.95. The van der Waals surface area contributed by atoms with Crippen molar-refractivity contribution in [1.29, 1.82) is 0 Å². The zero-order valence-electron chi connectivity index (χ0n) is 10.6. The standard InChI is InChI=1S/C13H16BrFN2OS/c1-8(17-13(18)12-6-19-7-16-12)4-9-2-3-11(15)10(14)5-9/h2-3,5,8,12,16H,4,6-7H2,1H3,(H,17,18). The lowest BCUT2D eigenvalue weighted by Gasteiger charge is -2.17. The largest absolute Gasteiger partial charge is 0.352 e. The molecule has 2 atom stereocenters. The molecule has 0 saturated carbocycles. The summed E-state index contributed by atoms with van der Waals surface area (Å²) in [5.41, 5.74) is 0.995. The monoisotopic (exact) mass is 346 g/mol. The first-order valence-corrected chi connectivity index (χ1v) is 8.06. The SMILES string of the molecule is CC(Cc1ccc(F)c(Br)c1)NC(=O)C1CSCN1. The number of nitrogens with one attached hydrogen (secondary N) is 2. The molecule has 1 aromatic rings. The van der Waals surface area contributed by atoms with Crippen molar-refractivity contribution in [2.75, 3.05) is 11.6 Å². The van der Waals surface area contributed by atoms with Gasteiger partial charge < -0.3 is 5.32 Å². The molecule has 0 aliphatic carbocycles. The minimum Gasteiger partial charge on any atom is -0.352 e. The molecule has 2 N–H and O–H groups in total. The van der Waals surface area contributed by atoms with Crippen LogP contribution in [0.3, 0.4) is 0 Å². The normalized spacial score (nSPS) is 20.3. The predicted molar refractivity (Wildman–Crippen MR) is 79.7 cm³/mol. The van der Waals surface area contributed by atoms with Crippen LogP contribution in [-0.2, 0) is 11.2 Å². The summed E-state index contributed by atoms with van der Waals surface area (Å²) in [6, 6.07) is 4.86. The molecule has 19 heavy (non-hydrogen) atoms. The van der Waals surface area contributed by atoms with Crippen LogP contribution in [0.5, 0.6) is 0 Å². The van der Waals surface area contributed by atoms with Gasteiger partial charge in [0.25, 0.3) is 0 Å². The van der Waals surface area contributed by atoms with Gasteiger partial charge in [-0.3, -0.25) is 10.1 Å². The topological polar surface area (TPSA) is 41.1 Å². The van der Waals surface area contributed by atoms with Crippen LogP contribution in [0.25, 0.3) is 0 Å². The van der Waals surface area contributed by atoms with E-state index in [0.717, 1.165) is 17.2 Å². The fraction of sp³-hybridized carbons (Fsp3) is 0.462. The first kappa shape index (κ1) is 14.8. The number of rotatable bonds is 4. The van der Waals surface area contributed by atoms with E-state index in [1.807, 2.05) is 6.92 Å². The summed E-state index contributed by atoms with van der Waals surface area (Å²) in [5.74, 6) is 1.42. The Hall–Kier alpha value is -0.590. The smallest absolute Gasteiger partial charge is 0.238 e. The Bertz CT molecular complexity index is 466. The third-order valence-corrected chi connectivity index (χ3v) is 4.49. The Balaban J connectivity index is 1.87. The number of thioether (sulfide) groups is 1. The highest BCUT2D eigenvalue weighted by atomic mass is 79.9. The average molecular weight is 347 g/mol. The summed E-state index contributed by atoms with van der Waals surface area (Å²) in [6.45, 7) is 1.96. The summed E-state index contributed by atoms with van der Waals surface area (Å²) in [4.78, 5) is 11.9. The van der Waals surface area contributed by atoms with E-state index >= 15 is 0 Å². The van der Waals surface area contributed by atoms with E-state index in [-0.39, 0.29) is 23.8 Å². The second-order valence-corrected chi connectivity index (χ2v) is 6.52. The molecule has 1 aromatic carbocycles. The third kappa shape index (κ3) is 4.19. The zero-order chi connectivity index (χ0) is 13.8. The molecule has 0 radical (unpaired) electrons. The van der Waals surface area contributed by atoms with E-state index in [9.17, 15) is 9.18 Å². The molecule has 1 heterocycles. The summed E-state index contributed by atoms with van der Waals surface area (Å²) in [5, 5.41) is 6.12. The molecule has 3 nitrogen and oxygen atoms in total. The van der Waals surface area contributed by atoms with Crippen molar-refractivity contribution in [2.24, 2.45) is 0 Å². The van der Waals surface area contributed by atoms with E-state index < -0.39 is 0 Å². The van der Waals surface area contributed by atoms with Crippen molar-refractivity contribution < 1.29 is 9.18 Å². The molecule has 1 saturated heterocycles. The molecule has 1 amide bonds. The Kier molecular flexibility index (Phi) is 5.24. The van der Waals surface area contributed by atoms with Crippen LogP contribution in [0.2, 0.25) is 0 Å². The predicted octanol–water partition coefficient (Wildman–Crippen LogP) is 2.30. The van der Waals surface area contributed by atoms with Gasteiger partial charge in [0, 0.05) is 17.7 Å². The molecule has 2 rings (SSSR count). The van der Waals surface area contributed by atoms with Crippen molar-refractivity contribution in [3.8, 4) is 0 Å². The van der Waals surface area contributed by atoms with Crippen LogP contribution >= 0.6 is 27.7 Å². The molecule has 0 spiro atoms. The van der Waals surface area contributed by atoms with Gasteiger partial charge in [-0.25, -0.2) is 4.39 Å². The number of amides is 1. The van der Waals surface area contributed by atoms with E-state index in [1.165, 1.54) is 6.07 Å². The van der Waals surface area contributed by atoms with Crippen molar-refractivity contribution in [1.82, 2.24) is 10.6 Å². The molecule has 0 aromatic heterocycles. The molecule has 2 unspecified atom stereocenters. The number of halogens is 2. The van der Waals surface area contributed by atoms with Gasteiger partial charge in [0.05, 0.1) is 10.5 Å². The van der Waals surface area contributed by atoms with E-state index in [0.29, 0.717) is 10.9 Å². The molecule has 1 fully saturated rings. The van der Waals surface area contributed by atoms with Crippen molar-refractivity contribution in [3.63, 3.8) is 0 Å². The lowest BCUT2D eigenvalue weighted by Crippen LogP contribution is -2.46. The minimum atomic E-state index is -0.271. The maximum atomic E-state index is 13.1. The summed E-state index contributed by atoms with van der Waals surface area (Å²) < 4.78 is 13.6. The first-order chi connectivity index (χ1) is 9.06. The van der Waals surface area contributed by atoms with E-state index in [4.69, 9.17) is 0 Å². The second-order valence-electron chi connectivity index (χ2n) is 4.63. The molecule has 0 bridgehead atoms. The molecule has 1 aliphatic heterocycles. The van der Waals surface area contributed by atoms with Gasteiger partial charge in [0.1, 0.15) is 5.82 Å². The summed E-state index contributed by atoms with van der Waals surface area (Å²) >= 11 is 4.89. The van der Waals surface area contributed by atoms with Gasteiger partial charge in [-0.15, -0.1) is 11.8 Å². The van der Waals surface area contributed by atoms with Crippen LogP contribution in [0.1, 0.15) is 12.5 Å². The summed E-state index contributed by atoms with van der Waals surface area (Å²) in [6.07, 6.45) is 0.685. The number of hydrogen-bond acceptors (Lipinski definition) is 3. The maximum Gasteiger partial charge on any atom is 0.238 e. The van der Waals surface area contributed by atoms with Crippen LogP contribution in [0.15, 0.2) is 22.7 Å². The van der Waals surface area contributed by atoms with E-state index in [1.54, 1.807) is 23.9 Å². The number of benzene rings is 1. The Morgan fingerprint density at radius 3 is 3.11 bits per heavy atom. The molecule has 104 valence electrons. The Morgan fingerprint density at radius 1 is 1.68 bits per heavy atom. The minimum absolute atomic E-state index is 0.0252. The number of hydrogen-bond donors (Lipinski definition) is 2. The Labute approximate surface area is 124 Å². The maximum absolute atomic E-state index is 13.1. The van der Waals surface area contributed by atoms with Gasteiger partial charge in [0.15, 0.2) is 0 Å². The van der Waals surface area contributed by atoms with Crippen LogP contribution in [-0.4, -0.2) is 29.6 Å². The lowest BCUT2D eigenvalue weighted by molar-refractivity contribution is -0.123. The van der Waals surface area contributed by atoms with Gasteiger partial charge in [-0.05, 0) is 47.0 Å². The van der Waals surface area contributed by atoms with Gasteiger partial charge >= 0.3 is 0 Å². The molecular weight excluding hydrogens is 331 g/mol. The lowest BCUT2D eigenvalue weighted by atomic mass is 10.1. The average Bonchev–Trinajstić information content (AvgIpc) is 2.87. The van der Waals surface area contributed by atoms with E-state index in [2.05, 4.69) is 26.6 Å². The van der Waals surface area contributed by atoms with Gasteiger partial charge in [-0.1, -0.05) is 6.07 Å². The van der Waals surface area contributed by atoms with Crippen molar-refractivity contribution in [3.05, 3.63) is 34.1 Å². The fourth-order valence-corrected chi connectivity index (χ4v) is 3.35. The first-order valence-electron chi connectivity index (χ1n) is 6.11.